The molecule has 2 aromatic rings. The zero-order chi connectivity index (χ0) is 16.5. The van der Waals surface area contributed by atoms with Crippen LogP contribution in [0.15, 0.2) is 30.3 Å². The summed E-state index contributed by atoms with van der Waals surface area (Å²) in [7, 11) is 0. The van der Waals surface area contributed by atoms with Gasteiger partial charge in [-0.1, -0.05) is 30.3 Å². The average Bonchev–Trinajstić information content (AvgIpc) is 2.88. The second kappa shape index (κ2) is 5.78. The van der Waals surface area contributed by atoms with Crippen LogP contribution in [0.3, 0.4) is 0 Å². The molecule has 0 saturated heterocycles. The molecule has 0 radical (unpaired) electrons. The SMILES string of the molecule is NNC(=O)c1c(C(N)=O)sc(-c2ccccc2)c1C(F)(F)F. The van der Waals surface area contributed by atoms with E-state index >= 15 is 0 Å². The van der Waals surface area contributed by atoms with Gasteiger partial charge in [0, 0.05) is 4.88 Å². The number of amides is 2. The van der Waals surface area contributed by atoms with Gasteiger partial charge in [0.15, 0.2) is 0 Å². The quantitative estimate of drug-likeness (QED) is 0.457. The van der Waals surface area contributed by atoms with E-state index < -0.39 is 34.0 Å². The number of halogens is 3. The summed E-state index contributed by atoms with van der Waals surface area (Å²) in [5.41, 5.74) is 4.85. The molecule has 1 heterocycles. The molecule has 0 bridgehead atoms. The second-order valence-electron chi connectivity index (χ2n) is 4.21. The fourth-order valence-corrected chi connectivity index (χ4v) is 3.13. The highest BCUT2D eigenvalue weighted by atomic mass is 32.1. The largest absolute Gasteiger partial charge is 0.418 e. The lowest BCUT2D eigenvalue weighted by Crippen LogP contribution is -2.33. The number of carbonyl (C=O) groups excluding carboxylic acids is 2. The summed E-state index contributed by atoms with van der Waals surface area (Å²) in [5.74, 6) is 2.57. The van der Waals surface area contributed by atoms with Crippen molar-refractivity contribution in [1.29, 1.82) is 0 Å². The number of carbonyl (C=O) groups is 2. The Hall–Kier alpha value is -2.39. The van der Waals surface area contributed by atoms with Crippen LogP contribution < -0.4 is 17.0 Å². The first kappa shape index (κ1) is 16.0. The van der Waals surface area contributed by atoms with Crippen molar-refractivity contribution in [3.63, 3.8) is 0 Å². The summed E-state index contributed by atoms with van der Waals surface area (Å²) in [6.07, 6.45) is -4.85. The van der Waals surface area contributed by atoms with Crippen molar-refractivity contribution < 1.29 is 22.8 Å². The molecule has 2 rings (SSSR count). The van der Waals surface area contributed by atoms with Gasteiger partial charge in [-0.2, -0.15) is 13.2 Å². The van der Waals surface area contributed by atoms with E-state index in [4.69, 9.17) is 11.6 Å². The third-order valence-electron chi connectivity index (χ3n) is 2.81. The van der Waals surface area contributed by atoms with E-state index in [-0.39, 0.29) is 10.4 Å². The number of rotatable bonds is 3. The van der Waals surface area contributed by atoms with Crippen LogP contribution in [-0.4, -0.2) is 11.8 Å². The number of primary amides is 1. The lowest BCUT2D eigenvalue weighted by molar-refractivity contribution is -0.137. The highest BCUT2D eigenvalue weighted by Crippen LogP contribution is 2.45. The van der Waals surface area contributed by atoms with Crippen LogP contribution in [0.2, 0.25) is 0 Å². The van der Waals surface area contributed by atoms with Gasteiger partial charge in [-0.05, 0) is 5.56 Å². The van der Waals surface area contributed by atoms with Crippen LogP contribution in [0, 0.1) is 0 Å². The first-order valence-electron chi connectivity index (χ1n) is 5.87. The lowest BCUT2D eigenvalue weighted by Gasteiger charge is -2.11. The van der Waals surface area contributed by atoms with E-state index in [1.54, 1.807) is 23.6 Å². The molecule has 0 aliphatic heterocycles. The average molecular weight is 329 g/mol. The molecular formula is C13H10F3N3O2S. The van der Waals surface area contributed by atoms with E-state index in [9.17, 15) is 22.8 Å². The molecule has 5 nitrogen and oxygen atoms in total. The Morgan fingerprint density at radius 3 is 2.18 bits per heavy atom. The molecular weight excluding hydrogens is 319 g/mol. The van der Waals surface area contributed by atoms with Crippen LogP contribution in [-0.2, 0) is 6.18 Å². The van der Waals surface area contributed by atoms with Crippen molar-refractivity contribution in [2.75, 3.05) is 0 Å². The first-order valence-corrected chi connectivity index (χ1v) is 6.69. The summed E-state index contributed by atoms with van der Waals surface area (Å²) in [6.45, 7) is 0. The number of benzene rings is 1. The number of hydrogen-bond donors (Lipinski definition) is 3. The van der Waals surface area contributed by atoms with Gasteiger partial charge in [0.05, 0.1) is 11.1 Å². The van der Waals surface area contributed by atoms with Crippen LogP contribution in [0.25, 0.3) is 10.4 Å². The van der Waals surface area contributed by atoms with Gasteiger partial charge >= 0.3 is 6.18 Å². The zero-order valence-corrected chi connectivity index (χ0v) is 11.7. The van der Waals surface area contributed by atoms with Crippen molar-refractivity contribution in [2.24, 2.45) is 11.6 Å². The van der Waals surface area contributed by atoms with Gasteiger partial charge in [0.1, 0.15) is 4.88 Å². The number of nitrogens with one attached hydrogen (secondary N) is 1. The van der Waals surface area contributed by atoms with Crippen molar-refractivity contribution in [2.45, 2.75) is 6.18 Å². The Kier molecular flexibility index (Phi) is 4.20. The maximum absolute atomic E-state index is 13.4. The molecule has 0 atom stereocenters. The fourth-order valence-electron chi connectivity index (χ4n) is 1.96. The van der Waals surface area contributed by atoms with Gasteiger partial charge in [-0.25, -0.2) is 5.84 Å². The van der Waals surface area contributed by atoms with Crippen LogP contribution >= 0.6 is 11.3 Å². The summed E-state index contributed by atoms with van der Waals surface area (Å²) in [5, 5.41) is 0. The maximum atomic E-state index is 13.4. The van der Waals surface area contributed by atoms with Crippen LogP contribution in [0.5, 0.6) is 0 Å². The number of nitrogen functional groups attached to an aromatic ring is 1. The summed E-state index contributed by atoms with van der Waals surface area (Å²) in [4.78, 5) is 22.4. The number of thiophene rings is 1. The molecule has 1 aromatic carbocycles. The lowest BCUT2D eigenvalue weighted by atomic mass is 10.0. The number of alkyl halides is 3. The number of hydrazine groups is 1. The van der Waals surface area contributed by atoms with Crippen LogP contribution in [0.4, 0.5) is 13.2 Å². The first-order chi connectivity index (χ1) is 10.3. The molecule has 0 fully saturated rings. The van der Waals surface area contributed by atoms with E-state index in [1.807, 2.05) is 0 Å². The Bertz CT molecular complexity index is 726. The maximum Gasteiger partial charge on any atom is 0.418 e. The number of hydrogen-bond acceptors (Lipinski definition) is 4. The molecule has 9 heteroatoms. The minimum Gasteiger partial charge on any atom is -0.365 e. The third kappa shape index (κ3) is 2.81. The molecule has 116 valence electrons. The normalized spacial score (nSPS) is 11.3. The molecule has 0 aliphatic rings. The summed E-state index contributed by atoms with van der Waals surface area (Å²) >= 11 is 0.507. The predicted octanol–water partition coefficient (Wildman–Crippen LogP) is 2.14. The van der Waals surface area contributed by atoms with Gasteiger partial charge in [0.25, 0.3) is 11.8 Å². The smallest absolute Gasteiger partial charge is 0.365 e. The Balaban J connectivity index is 2.85. The van der Waals surface area contributed by atoms with E-state index in [0.29, 0.717) is 11.3 Å². The van der Waals surface area contributed by atoms with Crippen molar-refractivity contribution in [3.05, 3.63) is 46.3 Å². The van der Waals surface area contributed by atoms with Crippen molar-refractivity contribution in [1.82, 2.24) is 5.43 Å². The molecule has 22 heavy (non-hydrogen) atoms. The molecule has 5 N–H and O–H groups in total. The summed E-state index contributed by atoms with van der Waals surface area (Å²) < 4.78 is 40.2. The number of nitrogens with two attached hydrogens (primary N) is 2. The Morgan fingerprint density at radius 2 is 1.73 bits per heavy atom. The third-order valence-corrected chi connectivity index (χ3v) is 4.06. The molecule has 0 unspecified atom stereocenters. The van der Waals surface area contributed by atoms with E-state index in [0.717, 1.165) is 0 Å². The van der Waals surface area contributed by atoms with Crippen molar-refractivity contribution in [3.8, 4) is 10.4 Å². The summed E-state index contributed by atoms with van der Waals surface area (Å²) in [6, 6.07) is 7.60. The molecule has 0 saturated carbocycles. The van der Waals surface area contributed by atoms with Crippen molar-refractivity contribution >= 4 is 23.2 Å². The molecule has 0 spiro atoms. The fraction of sp³-hybridized carbons (Fsp3) is 0.0769. The van der Waals surface area contributed by atoms with E-state index in [2.05, 4.69) is 0 Å². The van der Waals surface area contributed by atoms with Gasteiger partial charge in [0.2, 0.25) is 0 Å². The minimum atomic E-state index is -4.85. The predicted molar refractivity (Wildman–Crippen MR) is 74.9 cm³/mol. The molecule has 0 aliphatic carbocycles. The Morgan fingerprint density at radius 1 is 1.14 bits per heavy atom. The van der Waals surface area contributed by atoms with E-state index in [1.165, 1.54) is 12.1 Å². The molecule has 2 amide bonds. The van der Waals surface area contributed by atoms with Gasteiger partial charge in [-0.3, -0.25) is 15.0 Å². The van der Waals surface area contributed by atoms with Gasteiger partial charge < -0.3 is 5.73 Å². The highest BCUT2D eigenvalue weighted by molar-refractivity contribution is 7.18. The zero-order valence-electron chi connectivity index (χ0n) is 10.9. The highest BCUT2D eigenvalue weighted by Gasteiger charge is 2.42. The second-order valence-corrected chi connectivity index (χ2v) is 5.23. The standard InChI is InChI=1S/C13H10F3N3O2S/c14-13(15,16)8-7(12(21)19-18)10(11(17)20)22-9(8)6-4-2-1-3-5-6/h1-5H,18H2,(H2,17,20)(H,19,21). The minimum absolute atomic E-state index is 0.221. The van der Waals surface area contributed by atoms with Gasteiger partial charge in [-0.15, -0.1) is 11.3 Å². The Labute approximate surface area is 126 Å². The molecule has 1 aromatic heterocycles. The topological polar surface area (TPSA) is 98.2 Å². The van der Waals surface area contributed by atoms with Crippen LogP contribution in [0.1, 0.15) is 25.6 Å². The monoisotopic (exact) mass is 329 g/mol.